The number of alkyl halides is 2. The van der Waals surface area contributed by atoms with E-state index < -0.39 is 41.9 Å². The first kappa shape index (κ1) is 20.5. The summed E-state index contributed by atoms with van der Waals surface area (Å²) < 4.78 is 71.5. The predicted octanol–water partition coefficient (Wildman–Crippen LogP) is 3.35. The third-order valence-corrected chi connectivity index (χ3v) is 4.88. The number of methoxy groups -OCH3 is 1. The van der Waals surface area contributed by atoms with Gasteiger partial charge in [-0.25, -0.2) is 22.4 Å². The Labute approximate surface area is 159 Å². The summed E-state index contributed by atoms with van der Waals surface area (Å²) in [6.07, 6.45) is -3.93. The van der Waals surface area contributed by atoms with Gasteiger partial charge in [-0.15, -0.1) is 0 Å². The van der Waals surface area contributed by atoms with Gasteiger partial charge in [0.05, 0.1) is 24.8 Å². The van der Waals surface area contributed by atoms with Crippen molar-refractivity contribution in [2.45, 2.75) is 31.9 Å². The van der Waals surface area contributed by atoms with Crippen LogP contribution in [0.4, 0.5) is 28.0 Å². The Morgan fingerprint density at radius 2 is 2.11 bits per heavy atom. The standard InChI is InChI=1S/C18H22F4N2O4/c1-3-27-18(25)23-4-5-24-10(8-23)6-11(9-26-2)28-16-12(17(21)22)7-13(19)14(20)15(16)24/h7,10-11,17H,3-6,8-9H2,1-2H3/t10-,11+/m1/s1. The van der Waals surface area contributed by atoms with Crippen LogP contribution >= 0.6 is 0 Å². The highest BCUT2D eigenvalue weighted by Crippen LogP contribution is 2.45. The van der Waals surface area contributed by atoms with Crippen molar-refractivity contribution in [3.63, 3.8) is 0 Å². The van der Waals surface area contributed by atoms with Crippen molar-refractivity contribution in [3.05, 3.63) is 23.3 Å². The average molecular weight is 406 g/mol. The van der Waals surface area contributed by atoms with Gasteiger partial charge in [0.25, 0.3) is 6.43 Å². The molecule has 1 aromatic carbocycles. The number of anilines is 1. The molecule has 0 radical (unpaired) electrons. The fourth-order valence-corrected chi connectivity index (χ4v) is 3.70. The zero-order valence-electron chi connectivity index (χ0n) is 15.6. The molecule has 1 aromatic rings. The lowest BCUT2D eigenvalue weighted by molar-refractivity contribution is 0.0626. The van der Waals surface area contributed by atoms with Crippen molar-refractivity contribution in [2.75, 3.05) is 44.9 Å². The first-order chi connectivity index (χ1) is 13.4. The number of hydrogen-bond donors (Lipinski definition) is 0. The summed E-state index contributed by atoms with van der Waals surface area (Å²) in [5.74, 6) is -2.98. The van der Waals surface area contributed by atoms with Crippen LogP contribution in [0.15, 0.2) is 6.07 Å². The van der Waals surface area contributed by atoms with Crippen molar-refractivity contribution in [1.29, 1.82) is 0 Å². The molecule has 0 spiro atoms. The molecule has 0 aliphatic carbocycles. The molecule has 156 valence electrons. The second kappa shape index (κ2) is 8.42. The molecule has 28 heavy (non-hydrogen) atoms. The molecular weight excluding hydrogens is 384 g/mol. The van der Waals surface area contributed by atoms with E-state index in [0.29, 0.717) is 6.07 Å². The van der Waals surface area contributed by atoms with E-state index in [9.17, 15) is 22.4 Å². The summed E-state index contributed by atoms with van der Waals surface area (Å²) in [5.41, 5.74) is -1.04. The first-order valence-electron chi connectivity index (χ1n) is 9.01. The van der Waals surface area contributed by atoms with Crippen LogP contribution in [0.3, 0.4) is 0 Å². The molecule has 0 bridgehead atoms. The smallest absolute Gasteiger partial charge is 0.409 e. The Hall–Kier alpha value is -2.23. The molecule has 0 N–H and O–H groups in total. The fourth-order valence-electron chi connectivity index (χ4n) is 3.70. The van der Waals surface area contributed by atoms with Crippen LogP contribution in [0.2, 0.25) is 0 Å². The maximum absolute atomic E-state index is 14.7. The molecule has 6 nitrogen and oxygen atoms in total. The minimum Gasteiger partial charge on any atom is -0.485 e. The van der Waals surface area contributed by atoms with E-state index in [0.717, 1.165) is 0 Å². The topological polar surface area (TPSA) is 51.2 Å². The highest BCUT2D eigenvalue weighted by Gasteiger charge is 2.40. The largest absolute Gasteiger partial charge is 0.485 e. The Morgan fingerprint density at radius 1 is 1.36 bits per heavy atom. The summed E-state index contributed by atoms with van der Waals surface area (Å²) in [6.45, 7) is 2.45. The number of ether oxygens (including phenoxy) is 3. The van der Waals surface area contributed by atoms with Crippen molar-refractivity contribution in [1.82, 2.24) is 4.90 Å². The molecule has 0 unspecified atom stereocenters. The van der Waals surface area contributed by atoms with E-state index in [1.54, 1.807) is 6.92 Å². The minimum atomic E-state index is -3.04. The van der Waals surface area contributed by atoms with Gasteiger partial charge in [0.1, 0.15) is 11.8 Å². The summed E-state index contributed by atoms with van der Waals surface area (Å²) in [4.78, 5) is 15.0. The molecule has 3 rings (SSSR count). The quantitative estimate of drug-likeness (QED) is 0.718. The lowest BCUT2D eigenvalue weighted by Crippen LogP contribution is -2.55. The number of hydrogen-bond acceptors (Lipinski definition) is 5. The number of fused-ring (bicyclic) bond motifs is 3. The van der Waals surface area contributed by atoms with Crippen LogP contribution in [0.5, 0.6) is 5.75 Å². The number of piperazine rings is 1. The maximum Gasteiger partial charge on any atom is 0.409 e. The first-order valence-corrected chi connectivity index (χ1v) is 9.01. The zero-order valence-corrected chi connectivity index (χ0v) is 15.6. The Morgan fingerprint density at radius 3 is 2.75 bits per heavy atom. The van der Waals surface area contributed by atoms with Gasteiger partial charge in [0, 0.05) is 33.2 Å². The van der Waals surface area contributed by atoms with Gasteiger partial charge in [-0.2, -0.15) is 0 Å². The Bertz CT molecular complexity index is 734. The van der Waals surface area contributed by atoms with Gasteiger partial charge in [-0.1, -0.05) is 0 Å². The summed E-state index contributed by atoms with van der Waals surface area (Å²) in [7, 11) is 1.43. The number of carbonyl (C=O) groups excluding carboxylic acids is 1. The van der Waals surface area contributed by atoms with Gasteiger partial charge in [-0.05, 0) is 13.0 Å². The summed E-state index contributed by atoms with van der Waals surface area (Å²) in [6, 6.07) is -0.000819. The highest BCUT2D eigenvalue weighted by molar-refractivity contribution is 5.70. The third-order valence-electron chi connectivity index (χ3n) is 4.88. The van der Waals surface area contributed by atoms with Crippen LogP contribution in [0.25, 0.3) is 0 Å². The molecule has 10 heteroatoms. The van der Waals surface area contributed by atoms with Crippen molar-refractivity contribution in [3.8, 4) is 5.75 Å². The molecule has 1 fully saturated rings. The second-order valence-corrected chi connectivity index (χ2v) is 6.66. The maximum atomic E-state index is 14.7. The number of amides is 1. The van der Waals surface area contributed by atoms with Gasteiger partial charge in [-0.3, -0.25) is 0 Å². The SMILES string of the molecule is CCOC(=O)N1CCN2c3c(F)c(F)cc(C(F)F)c3O[C@H](COC)C[C@@H]2C1. The fraction of sp³-hybridized carbons (Fsp3) is 0.611. The van der Waals surface area contributed by atoms with Gasteiger partial charge in [0.2, 0.25) is 0 Å². The molecule has 0 saturated carbocycles. The molecule has 1 amide bonds. The van der Waals surface area contributed by atoms with E-state index >= 15 is 0 Å². The number of halogens is 4. The van der Waals surface area contributed by atoms with Crippen LogP contribution in [-0.2, 0) is 9.47 Å². The van der Waals surface area contributed by atoms with E-state index in [-0.39, 0.29) is 50.7 Å². The summed E-state index contributed by atoms with van der Waals surface area (Å²) >= 11 is 0. The van der Waals surface area contributed by atoms with E-state index in [4.69, 9.17) is 14.2 Å². The lowest BCUT2D eigenvalue weighted by Gasteiger charge is -2.41. The monoisotopic (exact) mass is 406 g/mol. The molecule has 2 aliphatic heterocycles. The van der Waals surface area contributed by atoms with Crippen LogP contribution < -0.4 is 9.64 Å². The van der Waals surface area contributed by atoms with E-state index in [2.05, 4.69) is 0 Å². The van der Waals surface area contributed by atoms with Gasteiger partial charge >= 0.3 is 6.09 Å². The zero-order chi connectivity index (χ0) is 20.4. The second-order valence-electron chi connectivity index (χ2n) is 6.66. The lowest BCUT2D eigenvalue weighted by atomic mass is 10.0. The van der Waals surface area contributed by atoms with E-state index in [1.807, 2.05) is 0 Å². The number of carbonyl (C=O) groups is 1. The molecular formula is C18H22F4N2O4. The minimum absolute atomic E-state index is 0.0743. The van der Waals surface area contributed by atoms with Crippen molar-refractivity contribution < 1.29 is 36.6 Å². The third kappa shape index (κ3) is 3.82. The van der Waals surface area contributed by atoms with Gasteiger partial charge in [0.15, 0.2) is 17.4 Å². The number of rotatable bonds is 4. The molecule has 2 atom stereocenters. The predicted molar refractivity (Wildman–Crippen MR) is 92.0 cm³/mol. The normalized spacial score (nSPS) is 21.7. The molecule has 2 aliphatic rings. The van der Waals surface area contributed by atoms with Crippen LogP contribution in [0.1, 0.15) is 25.3 Å². The molecule has 1 saturated heterocycles. The van der Waals surface area contributed by atoms with Crippen LogP contribution in [-0.4, -0.2) is 63.1 Å². The number of nitrogens with zero attached hydrogens (tertiary/aromatic N) is 2. The highest BCUT2D eigenvalue weighted by atomic mass is 19.3. The average Bonchev–Trinajstić information content (AvgIpc) is 2.81. The number of benzene rings is 1. The molecule has 2 heterocycles. The molecule has 0 aromatic heterocycles. The van der Waals surface area contributed by atoms with Crippen molar-refractivity contribution in [2.24, 2.45) is 0 Å². The Kier molecular flexibility index (Phi) is 6.17. The van der Waals surface area contributed by atoms with E-state index in [1.165, 1.54) is 16.9 Å². The van der Waals surface area contributed by atoms with Crippen LogP contribution in [0, 0.1) is 11.6 Å². The van der Waals surface area contributed by atoms with Crippen molar-refractivity contribution >= 4 is 11.8 Å². The summed E-state index contributed by atoms with van der Waals surface area (Å²) in [5, 5.41) is 0. The Balaban J connectivity index is 2.03. The van der Waals surface area contributed by atoms with Gasteiger partial charge < -0.3 is 24.0 Å².